The van der Waals surface area contributed by atoms with E-state index in [1.807, 2.05) is 0 Å². The number of benzene rings is 2. The maximum Gasteiger partial charge on any atom is 0.247 e. The molecule has 0 saturated carbocycles. The molecule has 4 rings (SSSR count). The fourth-order valence-corrected chi connectivity index (χ4v) is 5.29. The number of halogens is 1. The van der Waals surface area contributed by atoms with Crippen molar-refractivity contribution in [3.63, 3.8) is 0 Å². The molecule has 2 heterocycles. The summed E-state index contributed by atoms with van der Waals surface area (Å²) in [6.45, 7) is 0.575. The van der Waals surface area contributed by atoms with Crippen molar-refractivity contribution in [1.29, 1.82) is 0 Å². The summed E-state index contributed by atoms with van der Waals surface area (Å²) in [4.78, 5) is 0.0486. The van der Waals surface area contributed by atoms with Crippen molar-refractivity contribution in [2.75, 3.05) is 27.3 Å². The first-order valence-corrected chi connectivity index (χ1v) is 11.2. The maximum atomic E-state index is 13.4. The van der Waals surface area contributed by atoms with Crippen LogP contribution in [-0.2, 0) is 10.0 Å². The van der Waals surface area contributed by atoms with Gasteiger partial charge in [-0.15, -0.1) is 10.2 Å². The van der Waals surface area contributed by atoms with Crippen LogP contribution < -0.4 is 9.47 Å². The first-order chi connectivity index (χ1) is 14.9. The summed E-state index contributed by atoms with van der Waals surface area (Å²) in [6.07, 6.45) is 1.36. The number of ether oxygens (including phenoxy) is 2. The van der Waals surface area contributed by atoms with Gasteiger partial charge >= 0.3 is 0 Å². The molecule has 0 aliphatic carbocycles. The van der Waals surface area contributed by atoms with E-state index in [4.69, 9.17) is 13.9 Å². The van der Waals surface area contributed by atoms with E-state index in [1.165, 1.54) is 36.7 Å². The SMILES string of the molecule is COc1ccc(OC)c(S(=O)(=O)N2CCC[C@@H](c3nnc(-c4ccc(F)cc4)o3)C2)c1. The number of methoxy groups -OCH3 is 2. The Labute approximate surface area is 179 Å². The van der Waals surface area contributed by atoms with Crippen molar-refractivity contribution < 1.29 is 26.7 Å². The minimum absolute atomic E-state index is 0.0486. The van der Waals surface area contributed by atoms with Crippen LogP contribution in [0, 0.1) is 5.82 Å². The molecule has 31 heavy (non-hydrogen) atoms. The summed E-state index contributed by atoms with van der Waals surface area (Å²) >= 11 is 0. The van der Waals surface area contributed by atoms with Crippen LogP contribution >= 0.6 is 0 Å². The summed E-state index contributed by atoms with van der Waals surface area (Å²) in [5.41, 5.74) is 0.599. The lowest BCUT2D eigenvalue weighted by Gasteiger charge is -2.30. The zero-order valence-electron chi connectivity index (χ0n) is 17.1. The monoisotopic (exact) mass is 447 g/mol. The fourth-order valence-electron chi connectivity index (χ4n) is 3.60. The van der Waals surface area contributed by atoms with Gasteiger partial charge in [-0.25, -0.2) is 12.8 Å². The van der Waals surface area contributed by atoms with Crippen LogP contribution in [0.3, 0.4) is 0 Å². The fraction of sp³-hybridized carbons (Fsp3) is 0.333. The van der Waals surface area contributed by atoms with Crippen molar-refractivity contribution in [2.24, 2.45) is 0 Å². The Morgan fingerprint density at radius 1 is 1.10 bits per heavy atom. The van der Waals surface area contributed by atoms with Crippen molar-refractivity contribution >= 4 is 10.0 Å². The quantitative estimate of drug-likeness (QED) is 0.571. The van der Waals surface area contributed by atoms with Gasteiger partial charge < -0.3 is 13.9 Å². The average Bonchev–Trinajstić information content (AvgIpc) is 3.29. The van der Waals surface area contributed by atoms with Crippen molar-refractivity contribution in [3.8, 4) is 23.0 Å². The van der Waals surface area contributed by atoms with E-state index in [-0.39, 0.29) is 34.8 Å². The number of hydrogen-bond donors (Lipinski definition) is 0. The van der Waals surface area contributed by atoms with Crippen LogP contribution in [0.15, 0.2) is 51.8 Å². The third kappa shape index (κ3) is 4.26. The van der Waals surface area contributed by atoms with E-state index in [9.17, 15) is 12.8 Å². The molecule has 1 fully saturated rings. The third-order valence-electron chi connectivity index (χ3n) is 5.25. The normalized spacial score (nSPS) is 17.5. The van der Waals surface area contributed by atoms with Gasteiger partial charge in [-0.2, -0.15) is 4.31 Å². The van der Waals surface area contributed by atoms with Gasteiger partial charge in [0.2, 0.25) is 21.8 Å². The summed E-state index contributed by atoms with van der Waals surface area (Å²) in [7, 11) is -0.930. The highest BCUT2D eigenvalue weighted by molar-refractivity contribution is 7.89. The molecule has 0 bridgehead atoms. The van der Waals surface area contributed by atoms with Crippen LogP contribution in [0.25, 0.3) is 11.5 Å². The highest BCUT2D eigenvalue weighted by Crippen LogP contribution is 2.35. The number of sulfonamides is 1. The molecule has 1 aliphatic rings. The van der Waals surface area contributed by atoms with Gasteiger partial charge in [0.05, 0.1) is 20.1 Å². The molecule has 1 aromatic heterocycles. The van der Waals surface area contributed by atoms with Gasteiger partial charge in [-0.1, -0.05) is 0 Å². The number of hydrogen-bond acceptors (Lipinski definition) is 7. The van der Waals surface area contributed by atoms with Crippen LogP contribution in [-0.4, -0.2) is 50.2 Å². The molecule has 1 saturated heterocycles. The predicted molar refractivity (Wildman–Crippen MR) is 110 cm³/mol. The summed E-state index contributed by atoms with van der Waals surface area (Å²) in [6, 6.07) is 10.4. The van der Waals surface area contributed by atoms with E-state index in [0.29, 0.717) is 36.6 Å². The second-order valence-electron chi connectivity index (χ2n) is 7.17. The Kier molecular flexibility index (Phi) is 5.92. The highest BCUT2D eigenvalue weighted by atomic mass is 32.2. The van der Waals surface area contributed by atoms with Gasteiger partial charge in [0.1, 0.15) is 22.2 Å². The molecule has 8 nitrogen and oxygen atoms in total. The Bertz CT molecular complexity index is 1160. The second kappa shape index (κ2) is 8.64. The van der Waals surface area contributed by atoms with E-state index in [1.54, 1.807) is 24.3 Å². The molecular weight excluding hydrogens is 425 g/mol. The molecule has 0 N–H and O–H groups in total. The molecule has 2 aromatic carbocycles. The largest absolute Gasteiger partial charge is 0.497 e. The summed E-state index contributed by atoms with van der Waals surface area (Å²) in [5.74, 6) is 0.695. The van der Waals surface area contributed by atoms with Gasteiger partial charge in [0.25, 0.3) is 0 Å². The van der Waals surface area contributed by atoms with Crippen LogP contribution in [0.1, 0.15) is 24.7 Å². The standard InChI is InChI=1S/C21H22FN3O5S/c1-28-17-9-10-18(29-2)19(12-17)31(26,27)25-11-3-4-15(13-25)21-24-23-20(30-21)14-5-7-16(22)8-6-14/h5-10,12,15H,3-4,11,13H2,1-2H3/t15-/m1/s1. The molecule has 1 atom stereocenters. The zero-order valence-corrected chi connectivity index (χ0v) is 17.9. The minimum atomic E-state index is -3.83. The molecule has 3 aromatic rings. The lowest BCUT2D eigenvalue weighted by Crippen LogP contribution is -2.39. The Balaban J connectivity index is 1.58. The number of piperidine rings is 1. The predicted octanol–water partition coefficient (Wildman–Crippen LogP) is 3.46. The van der Waals surface area contributed by atoms with Crippen molar-refractivity contribution in [1.82, 2.24) is 14.5 Å². The van der Waals surface area contributed by atoms with Crippen LogP contribution in [0.2, 0.25) is 0 Å². The molecule has 1 aliphatic heterocycles. The van der Waals surface area contributed by atoms with Crippen LogP contribution in [0.5, 0.6) is 11.5 Å². The minimum Gasteiger partial charge on any atom is -0.497 e. The molecular formula is C21H22FN3O5S. The summed E-state index contributed by atoms with van der Waals surface area (Å²) in [5, 5.41) is 8.16. The second-order valence-corrected chi connectivity index (χ2v) is 9.08. The first kappa shape index (κ1) is 21.3. The van der Waals surface area contributed by atoms with Gasteiger partial charge in [-0.3, -0.25) is 0 Å². The molecule has 10 heteroatoms. The lowest BCUT2D eigenvalue weighted by molar-refractivity contribution is 0.285. The molecule has 0 radical (unpaired) electrons. The van der Waals surface area contributed by atoms with E-state index in [0.717, 1.165) is 0 Å². The molecule has 0 spiro atoms. The maximum absolute atomic E-state index is 13.4. The van der Waals surface area contributed by atoms with Gasteiger partial charge in [0.15, 0.2) is 0 Å². The molecule has 0 amide bonds. The number of nitrogens with zero attached hydrogens (tertiary/aromatic N) is 3. The number of rotatable bonds is 6. The van der Waals surface area contributed by atoms with E-state index < -0.39 is 10.0 Å². The zero-order chi connectivity index (χ0) is 22.0. The Morgan fingerprint density at radius 2 is 1.87 bits per heavy atom. The van der Waals surface area contributed by atoms with Crippen LogP contribution in [0.4, 0.5) is 4.39 Å². The van der Waals surface area contributed by atoms with Gasteiger partial charge in [0, 0.05) is 24.7 Å². The van der Waals surface area contributed by atoms with Crippen molar-refractivity contribution in [2.45, 2.75) is 23.7 Å². The Morgan fingerprint density at radius 3 is 2.58 bits per heavy atom. The topological polar surface area (TPSA) is 94.8 Å². The highest BCUT2D eigenvalue weighted by Gasteiger charge is 2.35. The first-order valence-electron chi connectivity index (χ1n) is 9.74. The number of aromatic nitrogens is 2. The third-order valence-corrected chi connectivity index (χ3v) is 7.14. The van der Waals surface area contributed by atoms with E-state index in [2.05, 4.69) is 10.2 Å². The molecule has 0 unspecified atom stereocenters. The Hall–Kier alpha value is -2.98. The summed E-state index contributed by atoms with van der Waals surface area (Å²) < 4.78 is 57.5. The van der Waals surface area contributed by atoms with E-state index >= 15 is 0 Å². The van der Waals surface area contributed by atoms with Crippen molar-refractivity contribution in [3.05, 3.63) is 54.2 Å². The lowest BCUT2D eigenvalue weighted by atomic mass is 10.00. The molecule has 164 valence electrons. The van der Waals surface area contributed by atoms with Gasteiger partial charge in [-0.05, 0) is 49.2 Å². The average molecular weight is 447 g/mol. The smallest absolute Gasteiger partial charge is 0.247 e.